The van der Waals surface area contributed by atoms with Gasteiger partial charge in [0, 0.05) is 21.0 Å². The van der Waals surface area contributed by atoms with Crippen LogP contribution in [0.25, 0.3) is 0 Å². The van der Waals surface area contributed by atoms with E-state index in [9.17, 15) is 14.4 Å². The summed E-state index contributed by atoms with van der Waals surface area (Å²) in [6.45, 7) is 1.50. The zero-order chi connectivity index (χ0) is 69.4. The van der Waals surface area contributed by atoms with Gasteiger partial charge < -0.3 is 75.8 Å². The molecule has 3 saturated heterocycles. The van der Waals surface area contributed by atoms with E-state index in [2.05, 4.69) is 0 Å². The molecule has 0 spiro atoms. The van der Waals surface area contributed by atoms with Gasteiger partial charge in [0.2, 0.25) is 0 Å². The van der Waals surface area contributed by atoms with Crippen LogP contribution in [0.2, 0.25) is 0 Å². The number of ether oxygens (including phenoxy) is 16. The number of carbonyl (C=O) groups excluding carboxylic acids is 5. The molecular formula is C79H80O21. The molecule has 0 aromatic heterocycles. The minimum Gasteiger partial charge on any atom is -0.459 e. The Labute approximate surface area is 580 Å². The molecule has 3 fully saturated rings. The highest BCUT2D eigenvalue weighted by molar-refractivity contribution is 5.90. The van der Waals surface area contributed by atoms with Crippen LogP contribution in [0.5, 0.6) is 0 Å². The zero-order valence-corrected chi connectivity index (χ0v) is 55.5. The van der Waals surface area contributed by atoms with Crippen LogP contribution >= 0.6 is 0 Å². The van der Waals surface area contributed by atoms with E-state index in [1.807, 2.05) is 152 Å². The third kappa shape index (κ3) is 20.0. The van der Waals surface area contributed by atoms with Crippen LogP contribution in [0.3, 0.4) is 0 Å². The van der Waals surface area contributed by atoms with E-state index < -0.39 is 129 Å². The fourth-order valence-electron chi connectivity index (χ4n) is 11.9. The monoisotopic (exact) mass is 1360 g/mol. The van der Waals surface area contributed by atoms with E-state index in [4.69, 9.17) is 75.8 Å². The second-order valence-electron chi connectivity index (χ2n) is 23.9. The van der Waals surface area contributed by atoms with E-state index in [0.29, 0.717) is 0 Å². The highest BCUT2D eigenvalue weighted by atomic mass is 16.8. The molecule has 0 amide bonds. The van der Waals surface area contributed by atoms with Crippen LogP contribution in [0, 0.1) is 0 Å². The molecule has 0 bridgehead atoms. The summed E-state index contributed by atoms with van der Waals surface area (Å²) in [5, 5.41) is 0. The molecule has 11 rings (SSSR count). The molecule has 522 valence electrons. The Balaban J connectivity index is 1.09. The van der Waals surface area contributed by atoms with E-state index >= 15 is 9.59 Å². The molecule has 0 aliphatic carbocycles. The quantitative estimate of drug-likeness (QED) is 0.0290. The first-order chi connectivity index (χ1) is 48.9. The van der Waals surface area contributed by atoms with E-state index in [0.717, 1.165) is 41.7 Å². The SMILES string of the molecule is COC1OC(COCc2ccccc2)C(OC2OC(COC(=O)c3ccccc3)C(OC(=O)c3ccccc3)C(OC3OC(COCc4ccccc4)C(OCc4ccccc4)C(OCc4ccccc4)C3OCc3ccccc3)C2OC(=O)c2ccccc2)C(OC(C)=O)C1OC(C)=O. The largest absolute Gasteiger partial charge is 0.459 e. The van der Waals surface area contributed by atoms with Crippen LogP contribution in [-0.2, 0) is 118 Å². The average molecular weight is 1370 g/mol. The molecule has 0 radical (unpaired) electrons. The molecule has 21 heteroatoms. The molecule has 0 N–H and O–H groups in total. The first-order valence-corrected chi connectivity index (χ1v) is 33.0. The summed E-state index contributed by atoms with van der Waals surface area (Å²) in [6.07, 6.45) is -22.5. The summed E-state index contributed by atoms with van der Waals surface area (Å²) in [4.78, 5) is 71.3. The highest BCUT2D eigenvalue weighted by Crippen LogP contribution is 2.40. The summed E-state index contributed by atoms with van der Waals surface area (Å²) in [5.41, 5.74) is 4.37. The van der Waals surface area contributed by atoms with Gasteiger partial charge in [-0.3, -0.25) is 9.59 Å². The number of methoxy groups -OCH3 is 1. The minimum absolute atomic E-state index is 0.0321. The van der Waals surface area contributed by atoms with Gasteiger partial charge in [-0.25, -0.2) is 14.4 Å². The van der Waals surface area contributed by atoms with Crippen molar-refractivity contribution in [1.29, 1.82) is 0 Å². The maximum absolute atomic E-state index is 15.2. The van der Waals surface area contributed by atoms with Gasteiger partial charge in [-0.15, -0.1) is 0 Å². The molecule has 21 nitrogen and oxygen atoms in total. The van der Waals surface area contributed by atoms with Crippen LogP contribution in [0.4, 0.5) is 0 Å². The van der Waals surface area contributed by atoms with Crippen molar-refractivity contribution in [3.8, 4) is 0 Å². The van der Waals surface area contributed by atoms with Gasteiger partial charge in [-0.05, 0) is 64.2 Å². The van der Waals surface area contributed by atoms with E-state index in [1.165, 1.54) is 31.4 Å². The summed E-state index contributed by atoms with van der Waals surface area (Å²) in [7, 11) is 1.32. The lowest BCUT2D eigenvalue weighted by atomic mass is 9.94. The van der Waals surface area contributed by atoms with Gasteiger partial charge in [0.15, 0.2) is 43.3 Å². The van der Waals surface area contributed by atoms with Gasteiger partial charge in [0.05, 0.1) is 62.9 Å². The lowest BCUT2D eigenvalue weighted by molar-refractivity contribution is -0.384. The Kier molecular flexibility index (Phi) is 26.4. The first-order valence-electron chi connectivity index (χ1n) is 33.0. The molecule has 15 atom stereocenters. The lowest BCUT2D eigenvalue weighted by Crippen LogP contribution is -2.69. The van der Waals surface area contributed by atoms with Crippen molar-refractivity contribution in [3.63, 3.8) is 0 Å². The number of carbonyl (C=O) groups is 5. The van der Waals surface area contributed by atoms with Crippen LogP contribution in [0.1, 0.15) is 72.7 Å². The first kappa shape index (κ1) is 71.9. The van der Waals surface area contributed by atoms with Crippen molar-refractivity contribution in [2.75, 3.05) is 26.9 Å². The topological polar surface area (TPSA) is 233 Å². The Morgan fingerprint density at radius 2 is 0.620 bits per heavy atom. The predicted molar refractivity (Wildman–Crippen MR) is 359 cm³/mol. The van der Waals surface area contributed by atoms with Crippen LogP contribution < -0.4 is 0 Å². The Hall–Kier alpha value is -9.33. The molecule has 3 aliphatic rings. The van der Waals surface area contributed by atoms with Crippen molar-refractivity contribution >= 4 is 29.8 Å². The van der Waals surface area contributed by atoms with Gasteiger partial charge in [-0.2, -0.15) is 0 Å². The Morgan fingerprint density at radius 1 is 0.300 bits per heavy atom. The van der Waals surface area contributed by atoms with Crippen molar-refractivity contribution in [2.24, 2.45) is 0 Å². The smallest absolute Gasteiger partial charge is 0.338 e. The van der Waals surface area contributed by atoms with Crippen molar-refractivity contribution in [3.05, 3.63) is 287 Å². The number of hydrogen-bond acceptors (Lipinski definition) is 21. The van der Waals surface area contributed by atoms with Crippen molar-refractivity contribution < 1.29 is 99.8 Å². The zero-order valence-electron chi connectivity index (χ0n) is 55.5. The molecule has 3 aliphatic heterocycles. The van der Waals surface area contributed by atoms with Crippen molar-refractivity contribution in [2.45, 2.75) is 139 Å². The number of hydrogen-bond donors (Lipinski definition) is 0. The molecular weight excluding hydrogens is 1280 g/mol. The number of benzene rings is 8. The Bertz CT molecular complexity index is 3790. The summed E-state index contributed by atoms with van der Waals surface area (Å²) >= 11 is 0. The normalized spacial score (nSPS) is 25.0. The fraction of sp³-hybridized carbons (Fsp3) is 0.329. The molecule has 3 heterocycles. The van der Waals surface area contributed by atoms with Gasteiger partial charge in [-0.1, -0.05) is 206 Å². The maximum Gasteiger partial charge on any atom is 0.338 e. The molecule has 8 aromatic rings. The fourth-order valence-corrected chi connectivity index (χ4v) is 11.9. The third-order valence-electron chi connectivity index (χ3n) is 16.7. The highest BCUT2D eigenvalue weighted by Gasteiger charge is 2.59. The maximum atomic E-state index is 15.2. The van der Waals surface area contributed by atoms with Crippen LogP contribution in [0.15, 0.2) is 243 Å². The lowest BCUT2D eigenvalue weighted by Gasteiger charge is -2.51. The standard InChI is InChI=1S/C79H80O21/c1-52(80)92-69-67(63(50-87-45-55-30-14-5-15-31-55)94-77(85-3)72(69)93-53(2)81)99-79-73(98-76(84)61-42-26-11-27-43-61)70(66(97-75(83)60-40-24-10-25-41-60)64(96-79)51-91-74(82)59-38-22-9-23-39-59)100-78-71(90-48-58-36-20-8-21-37-58)68(89-47-57-34-18-7-19-35-57)65(88-46-56-32-16-6-17-33-56)62(95-78)49-86-44-54-28-12-4-13-29-54/h4-43,62-73,77-79H,44-51H2,1-3H3. The summed E-state index contributed by atoms with van der Waals surface area (Å²) in [5.74, 6) is -4.27. The summed E-state index contributed by atoms with van der Waals surface area (Å²) < 4.78 is 107. The number of rotatable bonds is 31. The molecule has 100 heavy (non-hydrogen) atoms. The van der Waals surface area contributed by atoms with Gasteiger partial charge in [0.1, 0.15) is 55.4 Å². The minimum atomic E-state index is -1.95. The predicted octanol–water partition coefficient (Wildman–Crippen LogP) is 10.9. The van der Waals surface area contributed by atoms with E-state index in [-0.39, 0.29) is 62.9 Å². The summed E-state index contributed by atoms with van der Waals surface area (Å²) in [6, 6.07) is 71.7. The van der Waals surface area contributed by atoms with Gasteiger partial charge in [0.25, 0.3) is 0 Å². The third-order valence-corrected chi connectivity index (χ3v) is 16.7. The molecule has 8 aromatic carbocycles. The van der Waals surface area contributed by atoms with Crippen LogP contribution in [-0.4, -0.2) is 149 Å². The van der Waals surface area contributed by atoms with Crippen molar-refractivity contribution in [1.82, 2.24) is 0 Å². The Morgan fingerprint density at radius 3 is 1.05 bits per heavy atom. The van der Waals surface area contributed by atoms with Gasteiger partial charge >= 0.3 is 29.8 Å². The second kappa shape index (κ2) is 36.7. The molecule has 15 unspecified atom stereocenters. The number of esters is 5. The average Bonchev–Trinajstić information content (AvgIpc) is 0.762. The second-order valence-corrected chi connectivity index (χ2v) is 23.9. The van der Waals surface area contributed by atoms with E-state index in [1.54, 1.807) is 66.7 Å². The molecule has 0 saturated carbocycles.